The van der Waals surface area contributed by atoms with E-state index in [4.69, 9.17) is 11.0 Å². The molecule has 0 aromatic carbocycles. The zero-order valence-corrected chi connectivity index (χ0v) is 6.75. The summed E-state index contributed by atoms with van der Waals surface area (Å²) >= 11 is 1.36. The summed E-state index contributed by atoms with van der Waals surface area (Å²) in [6.45, 7) is 3.85. The van der Waals surface area contributed by atoms with Crippen molar-refractivity contribution in [1.82, 2.24) is 0 Å². The maximum Gasteiger partial charge on any atom is 0.110 e. The van der Waals surface area contributed by atoms with Crippen LogP contribution in [0.15, 0.2) is 0 Å². The third-order valence-corrected chi connectivity index (χ3v) is 2.71. The van der Waals surface area contributed by atoms with Gasteiger partial charge in [-0.05, 0) is 25.0 Å². The Morgan fingerprint density at radius 2 is 2.00 bits per heavy atom. The van der Waals surface area contributed by atoms with Gasteiger partial charge in [0.1, 0.15) is 10.9 Å². The molecule has 2 nitrogen and oxygen atoms in total. The molecule has 1 rings (SSSR count). The fourth-order valence-corrected chi connectivity index (χ4v) is 1.60. The number of rotatable bonds is 0. The molecule has 0 unspecified atom stereocenters. The Bertz CT molecular complexity index is 293. The molecule has 1 heterocycles. The number of thiophene rings is 1. The number of nitriles is 1. The quantitative estimate of drug-likeness (QED) is 0.616. The van der Waals surface area contributed by atoms with E-state index >= 15 is 0 Å². The fourth-order valence-electron chi connectivity index (χ4n) is 0.725. The SMILES string of the molecule is Cc1c(N)sc(C#N)c1C. The van der Waals surface area contributed by atoms with Crippen LogP contribution in [0.2, 0.25) is 0 Å². The van der Waals surface area contributed by atoms with Crippen LogP contribution in [-0.4, -0.2) is 0 Å². The molecule has 0 aliphatic heterocycles. The molecule has 0 saturated heterocycles. The largest absolute Gasteiger partial charge is 0.390 e. The highest BCUT2D eigenvalue weighted by atomic mass is 32.1. The van der Waals surface area contributed by atoms with Gasteiger partial charge in [0.05, 0.1) is 5.00 Å². The van der Waals surface area contributed by atoms with E-state index in [-0.39, 0.29) is 0 Å². The smallest absolute Gasteiger partial charge is 0.110 e. The Hall–Kier alpha value is -1.01. The van der Waals surface area contributed by atoms with Crippen LogP contribution in [0.5, 0.6) is 0 Å². The average Bonchev–Trinajstić information content (AvgIpc) is 2.17. The number of nitrogens with two attached hydrogens (primary N) is 1. The van der Waals surface area contributed by atoms with E-state index in [0.717, 1.165) is 21.0 Å². The molecular formula is C7H8N2S. The van der Waals surface area contributed by atoms with Crippen LogP contribution in [0, 0.1) is 25.2 Å². The van der Waals surface area contributed by atoms with Gasteiger partial charge in [0.15, 0.2) is 0 Å². The van der Waals surface area contributed by atoms with Crippen LogP contribution in [0.4, 0.5) is 5.00 Å². The number of anilines is 1. The Balaban J connectivity index is 3.34. The van der Waals surface area contributed by atoms with Gasteiger partial charge in [-0.3, -0.25) is 0 Å². The topological polar surface area (TPSA) is 49.8 Å². The van der Waals surface area contributed by atoms with Crippen molar-refractivity contribution < 1.29 is 0 Å². The van der Waals surface area contributed by atoms with Gasteiger partial charge >= 0.3 is 0 Å². The standard InChI is InChI=1S/C7H8N2S/c1-4-5(2)7(9)10-6(4)3-8/h9H2,1-2H3. The number of hydrogen-bond donors (Lipinski definition) is 1. The Kier molecular flexibility index (Phi) is 1.64. The molecule has 52 valence electrons. The first-order chi connectivity index (χ1) is 4.66. The molecule has 0 spiro atoms. The summed E-state index contributed by atoms with van der Waals surface area (Å²) in [5.74, 6) is 0. The van der Waals surface area contributed by atoms with Crippen LogP contribution in [0.25, 0.3) is 0 Å². The van der Waals surface area contributed by atoms with Crippen molar-refractivity contribution in [2.45, 2.75) is 13.8 Å². The molecule has 0 fully saturated rings. The predicted molar refractivity (Wildman–Crippen MR) is 42.9 cm³/mol. The van der Waals surface area contributed by atoms with Crippen LogP contribution in [0.3, 0.4) is 0 Å². The van der Waals surface area contributed by atoms with Gasteiger partial charge < -0.3 is 5.73 Å². The molecular weight excluding hydrogens is 144 g/mol. The first kappa shape index (κ1) is 7.10. The van der Waals surface area contributed by atoms with Gasteiger partial charge in [0, 0.05) is 0 Å². The summed E-state index contributed by atoms with van der Waals surface area (Å²) in [7, 11) is 0. The second kappa shape index (κ2) is 2.31. The minimum absolute atomic E-state index is 0.731. The van der Waals surface area contributed by atoms with Crippen molar-refractivity contribution in [1.29, 1.82) is 5.26 Å². The normalized spacial score (nSPS) is 9.30. The highest BCUT2D eigenvalue weighted by Gasteiger charge is 2.06. The lowest BCUT2D eigenvalue weighted by atomic mass is 10.2. The summed E-state index contributed by atoms with van der Waals surface area (Å²) in [6.07, 6.45) is 0. The third kappa shape index (κ3) is 0.869. The van der Waals surface area contributed by atoms with Crippen molar-refractivity contribution >= 4 is 16.3 Å². The van der Waals surface area contributed by atoms with Gasteiger partial charge in [-0.25, -0.2) is 0 Å². The molecule has 1 aromatic rings. The van der Waals surface area contributed by atoms with E-state index in [2.05, 4.69) is 6.07 Å². The first-order valence-corrected chi connectivity index (χ1v) is 3.74. The summed E-state index contributed by atoms with van der Waals surface area (Å²) in [5.41, 5.74) is 7.65. The second-order valence-corrected chi connectivity index (χ2v) is 3.21. The maximum absolute atomic E-state index is 8.56. The zero-order valence-electron chi connectivity index (χ0n) is 5.93. The van der Waals surface area contributed by atoms with Crippen molar-refractivity contribution in [3.8, 4) is 6.07 Å². The van der Waals surface area contributed by atoms with E-state index in [0.29, 0.717) is 0 Å². The lowest BCUT2D eigenvalue weighted by Crippen LogP contribution is -1.82. The lowest BCUT2D eigenvalue weighted by molar-refractivity contribution is 1.38. The van der Waals surface area contributed by atoms with Gasteiger partial charge in [0.2, 0.25) is 0 Å². The Labute approximate surface area is 63.9 Å². The molecule has 0 amide bonds. The van der Waals surface area contributed by atoms with E-state index in [1.165, 1.54) is 11.3 Å². The number of hydrogen-bond acceptors (Lipinski definition) is 3. The monoisotopic (exact) mass is 152 g/mol. The molecule has 0 radical (unpaired) electrons. The fraction of sp³-hybridized carbons (Fsp3) is 0.286. The molecule has 3 heteroatoms. The first-order valence-electron chi connectivity index (χ1n) is 2.92. The Morgan fingerprint density at radius 1 is 1.40 bits per heavy atom. The van der Waals surface area contributed by atoms with E-state index in [1.807, 2.05) is 13.8 Å². The van der Waals surface area contributed by atoms with E-state index < -0.39 is 0 Å². The third-order valence-electron chi connectivity index (χ3n) is 1.59. The van der Waals surface area contributed by atoms with Crippen molar-refractivity contribution in [2.24, 2.45) is 0 Å². The molecule has 0 aliphatic carbocycles. The summed E-state index contributed by atoms with van der Waals surface area (Å²) in [6, 6.07) is 2.10. The Morgan fingerprint density at radius 3 is 2.20 bits per heavy atom. The van der Waals surface area contributed by atoms with Crippen molar-refractivity contribution in [3.05, 3.63) is 16.0 Å². The molecule has 0 atom stereocenters. The summed E-state index contributed by atoms with van der Waals surface area (Å²) < 4.78 is 0. The summed E-state index contributed by atoms with van der Waals surface area (Å²) in [5, 5.41) is 9.32. The van der Waals surface area contributed by atoms with Gasteiger partial charge in [-0.2, -0.15) is 5.26 Å². The second-order valence-electron chi connectivity index (χ2n) is 2.16. The minimum atomic E-state index is 0.731. The minimum Gasteiger partial charge on any atom is -0.390 e. The highest BCUT2D eigenvalue weighted by Crippen LogP contribution is 2.28. The molecule has 0 aliphatic rings. The van der Waals surface area contributed by atoms with Crippen molar-refractivity contribution in [2.75, 3.05) is 5.73 Å². The molecule has 10 heavy (non-hydrogen) atoms. The van der Waals surface area contributed by atoms with Crippen LogP contribution in [-0.2, 0) is 0 Å². The van der Waals surface area contributed by atoms with E-state index in [9.17, 15) is 0 Å². The van der Waals surface area contributed by atoms with Gasteiger partial charge in [-0.15, -0.1) is 11.3 Å². The molecule has 1 aromatic heterocycles. The van der Waals surface area contributed by atoms with Crippen LogP contribution >= 0.6 is 11.3 Å². The lowest BCUT2D eigenvalue weighted by Gasteiger charge is -1.87. The van der Waals surface area contributed by atoms with Gasteiger partial charge in [-0.1, -0.05) is 0 Å². The summed E-state index contributed by atoms with van der Waals surface area (Å²) in [4.78, 5) is 0.731. The number of nitrogen functional groups attached to an aromatic ring is 1. The zero-order chi connectivity index (χ0) is 7.72. The average molecular weight is 152 g/mol. The van der Waals surface area contributed by atoms with Crippen molar-refractivity contribution in [3.63, 3.8) is 0 Å². The molecule has 0 saturated carbocycles. The van der Waals surface area contributed by atoms with Crippen LogP contribution < -0.4 is 5.73 Å². The predicted octanol–water partition coefficient (Wildman–Crippen LogP) is 1.82. The number of nitrogens with zero attached hydrogens (tertiary/aromatic N) is 1. The highest BCUT2D eigenvalue weighted by molar-refractivity contribution is 7.16. The maximum atomic E-state index is 8.56. The van der Waals surface area contributed by atoms with Gasteiger partial charge in [0.25, 0.3) is 0 Å². The molecule has 2 N–H and O–H groups in total. The molecule has 0 bridgehead atoms. The van der Waals surface area contributed by atoms with E-state index in [1.54, 1.807) is 0 Å². The van der Waals surface area contributed by atoms with Crippen LogP contribution in [0.1, 0.15) is 16.0 Å².